The predicted molar refractivity (Wildman–Crippen MR) is 74.3 cm³/mol. The summed E-state index contributed by atoms with van der Waals surface area (Å²) in [5.41, 5.74) is 0.907. The average molecular weight is 269 g/mol. The van der Waals surface area contributed by atoms with Gasteiger partial charge in [0.15, 0.2) is 0 Å². The molecule has 1 aromatic rings. The first-order valence-corrected chi connectivity index (χ1v) is 7.01. The number of amides is 1. The van der Waals surface area contributed by atoms with Gasteiger partial charge in [0.1, 0.15) is 0 Å². The van der Waals surface area contributed by atoms with E-state index in [4.69, 9.17) is 5.11 Å². The number of aliphatic hydroxyl groups is 1. The van der Waals surface area contributed by atoms with E-state index in [9.17, 15) is 4.79 Å². The van der Waals surface area contributed by atoms with E-state index in [0.717, 1.165) is 23.5 Å². The number of nitrogens with zero attached hydrogens (tertiary/aromatic N) is 2. The number of carbonyl (C=O) groups excluding carboxylic acids is 1. The molecule has 1 amide bonds. The summed E-state index contributed by atoms with van der Waals surface area (Å²) >= 11 is 1.73. The topological polar surface area (TPSA) is 67.2 Å². The lowest BCUT2D eigenvalue weighted by molar-refractivity contribution is -0.116. The van der Waals surface area contributed by atoms with E-state index in [2.05, 4.69) is 10.4 Å². The number of carbonyl (C=O) groups is 1. The first kappa shape index (κ1) is 14.8. The molecule has 0 unspecified atom stereocenters. The molecule has 18 heavy (non-hydrogen) atoms. The van der Waals surface area contributed by atoms with Crippen LogP contribution in [0.5, 0.6) is 0 Å². The molecule has 0 aliphatic carbocycles. The highest BCUT2D eigenvalue weighted by Gasteiger charge is 1.96. The molecule has 1 aromatic heterocycles. The Kier molecular flexibility index (Phi) is 7.20. The van der Waals surface area contributed by atoms with Crippen molar-refractivity contribution in [3.63, 3.8) is 0 Å². The number of aryl methyl sites for hydroxylation is 1. The van der Waals surface area contributed by atoms with Crippen molar-refractivity contribution in [1.82, 2.24) is 15.1 Å². The zero-order chi connectivity index (χ0) is 13.2. The monoisotopic (exact) mass is 269 g/mol. The van der Waals surface area contributed by atoms with Crippen LogP contribution in [-0.4, -0.2) is 45.5 Å². The van der Waals surface area contributed by atoms with Gasteiger partial charge in [-0.25, -0.2) is 0 Å². The average Bonchev–Trinajstić information content (AvgIpc) is 2.77. The molecule has 0 atom stereocenters. The van der Waals surface area contributed by atoms with Crippen LogP contribution >= 0.6 is 11.8 Å². The number of aromatic nitrogens is 2. The highest BCUT2D eigenvalue weighted by molar-refractivity contribution is 7.99. The Morgan fingerprint density at radius 3 is 3.11 bits per heavy atom. The van der Waals surface area contributed by atoms with Crippen LogP contribution in [0.2, 0.25) is 0 Å². The molecule has 5 nitrogen and oxygen atoms in total. The summed E-state index contributed by atoms with van der Waals surface area (Å²) in [7, 11) is 1.83. The molecule has 0 saturated carbocycles. The van der Waals surface area contributed by atoms with Gasteiger partial charge in [0.05, 0.1) is 6.20 Å². The molecule has 1 rings (SSSR count). The number of hydrogen-bond donors (Lipinski definition) is 2. The lowest BCUT2D eigenvalue weighted by Gasteiger charge is -2.01. The maximum atomic E-state index is 11.4. The Balaban J connectivity index is 2.12. The van der Waals surface area contributed by atoms with Crippen LogP contribution < -0.4 is 5.32 Å². The second-order valence-corrected chi connectivity index (χ2v) is 4.99. The van der Waals surface area contributed by atoms with Crippen LogP contribution in [0.4, 0.5) is 0 Å². The van der Waals surface area contributed by atoms with Gasteiger partial charge in [0, 0.05) is 43.8 Å². The largest absolute Gasteiger partial charge is 0.396 e. The standard InChI is InChI=1S/C12H19N3O2S/c1-15-10-11(9-14-15)3-4-12(17)13-5-8-18-7-2-6-16/h3-4,9-10,16H,2,5-8H2,1H3,(H,13,17)/b4-3+. The first-order valence-electron chi connectivity index (χ1n) is 5.85. The highest BCUT2D eigenvalue weighted by atomic mass is 32.2. The van der Waals surface area contributed by atoms with Gasteiger partial charge in [-0.15, -0.1) is 0 Å². The van der Waals surface area contributed by atoms with Gasteiger partial charge in [-0.2, -0.15) is 16.9 Å². The van der Waals surface area contributed by atoms with Crippen LogP contribution in [-0.2, 0) is 11.8 Å². The third-order valence-electron chi connectivity index (χ3n) is 2.14. The van der Waals surface area contributed by atoms with Crippen molar-refractivity contribution in [3.8, 4) is 0 Å². The van der Waals surface area contributed by atoms with Crippen LogP contribution in [0.25, 0.3) is 6.08 Å². The predicted octanol–water partition coefficient (Wildman–Crippen LogP) is 0.665. The smallest absolute Gasteiger partial charge is 0.244 e. The summed E-state index contributed by atoms with van der Waals surface area (Å²) in [5, 5.41) is 15.4. The van der Waals surface area contributed by atoms with Crippen molar-refractivity contribution in [2.75, 3.05) is 24.7 Å². The lowest BCUT2D eigenvalue weighted by Crippen LogP contribution is -2.23. The molecule has 2 N–H and O–H groups in total. The van der Waals surface area contributed by atoms with Crippen LogP contribution in [0.1, 0.15) is 12.0 Å². The van der Waals surface area contributed by atoms with Gasteiger partial charge in [0.2, 0.25) is 5.91 Å². The summed E-state index contributed by atoms with van der Waals surface area (Å²) in [4.78, 5) is 11.4. The minimum atomic E-state index is -0.0957. The molecular weight excluding hydrogens is 250 g/mol. The lowest BCUT2D eigenvalue weighted by atomic mass is 10.3. The van der Waals surface area contributed by atoms with E-state index >= 15 is 0 Å². The minimum absolute atomic E-state index is 0.0957. The van der Waals surface area contributed by atoms with E-state index in [1.807, 2.05) is 13.2 Å². The Morgan fingerprint density at radius 2 is 2.44 bits per heavy atom. The van der Waals surface area contributed by atoms with E-state index in [0.29, 0.717) is 6.54 Å². The van der Waals surface area contributed by atoms with Crippen LogP contribution in [0.15, 0.2) is 18.5 Å². The maximum absolute atomic E-state index is 11.4. The molecule has 1 heterocycles. The molecule has 0 aliphatic rings. The normalized spacial score (nSPS) is 11.0. The van der Waals surface area contributed by atoms with Crippen molar-refractivity contribution in [2.45, 2.75) is 6.42 Å². The third-order valence-corrected chi connectivity index (χ3v) is 3.21. The van der Waals surface area contributed by atoms with Gasteiger partial charge in [0.25, 0.3) is 0 Å². The summed E-state index contributed by atoms with van der Waals surface area (Å²) < 4.78 is 1.69. The minimum Gasteiger partial charge on any atom is -0.396 e. The molecular formula is C12H19N3O2S. The van der Waals surface area contributed by atoms with Crippen molar-refractivity contribution in [3.05, 3.63) is 24.0 Å². The fraction of sp³-hybridized carbons (Fsp3) is 0.500. The maximum Gasteiger partial charge on any atom is 0.244 e. The Morgan fingerprint density at radius 1 is 1.61 bits per heavy atom. The summed E-state index contributed by atoms with van der Waals surface area (Å²) in [6, 6.07) is 0. The first-order chi connectivity index (χ1) is 8.72. The van der Waals surface area contributed by atoms with Crippen molar-refractivity contribution >= 4 is 23.7 Å². The third kappa shape index (κ3) is 6.46. The van der Waals surface area contributed by atoms with Crippen molar-refractivity contribution < 1.29 is 9.90 Å². The summed E-state index contributed by atoms with van der Waals surface area (Å²) in [5.74, 6) is 1.70. The fourth-order valence-corrected chi connectivity index (χ4v) is 2.06. The molecule has 0 saturated heterocycles. The number of thioether (sulfide) groups is 1. The molecule has 0 aromatic carbocycles. The Hall–Kier alpha value is -1.27. The van der Waals surface area contributed by atoms with Crippen LogP contribution in [0.3, 0.4) is 0 Å². The number of nitrogens with one attached hydrogen (secondary N) is 1. The summed E-state index contributed by atoms with van der Waals surface area (Å²) in [6.07, 6.45) is 7.60. The quantitative estimate of drug-likeness (QED) is 0.537. The van der Waals surface area contributed by atoms with Gasteiger partial charge in [-0.05, 0) is 18.2 Å². The molecule has 0 bridgehead atoms. The van der Waals surface area contributed by atoms with Crippen molar-refractivity contribution in [2.24, 2.45) is 7.05 Å². The second-order valence-electron chi connectivity index (χ2n) is 3.76. The molecule has 6 heteroatoms. The van der Waals surface area contributed by atoms with E-state index in [1.165, 1.54) is 6.08 Å². The molecule has 100 valence electrons. The molecule has 0 radical (unpaired) electrons. The highest BCUT2D eigenvalue weighted by Crippen LogP contribution is 2.00. The van der Waals surface area contributed by atoms with Crippen molar-refractivity contribution in [1.29, 1.82) is 0 Å². The molecule has 0 fully saturated rings. The van der Waals surface area contributed by atoms with Gasteiger partial charge < -0.3 is 10.4 Å². The number of aliphatic hydroxyl groups excluding tert-OH is 1. The zero-order valence-corrected chi connectivity index (χ0v) is 11.3. The SMILES string of the molecule is Cn1cc(/C=C/C(=O)NCCSCCCO)cn1. The fourth-order valence-electron chi connectivity index (χ4n) is 1.27. The van der Waals surface area contributed by atoms with Gasteiger partial charge >= 0.3 is 0 Å². The Labute approximate surface area is 111 Å². The van der Waals surface area contributed by atoms with E-state index in [-0.39, 0.29) is 12.5 Å². The molecule has 0 aliphatic heterocycles. The number of rotatable bonds is 8. The summed E-state index contributed by atoms with van der Waals surface area (Å²) in [6.45, 7) is 0.875. The van der Waals surface area contributed by atoms with E-state index in [1.54, 1.807) is 28.7 Å². The molecule has 0 spiro atoms. The van der Waals surface area contributed by atoms with Crippen LogP contribution in [0, 0.1) is 0 Å². The van der Waals surface area contributed by atoms with Gasteiger partial charge in [-0.3, -0.25) is 9.48 Å². The van der Waals surface area contributed by atoms with E-state index < -0.39 is 0 Å². The van der Waals surface area contributed by atoms with Gasteiger partial charge in [-0.1, -0.05) is 0 Å². The number of hydrogen-bond acceptors (Lipinski definition) is 4. The Bertz CT molecular complexity index is 390. The second kappa shape index (κ2) is 8.77. The zero-order valence-electron chi connectivity index (χ0n) is 10.5.